The van der Waals surface area contributed by atoms with Crippen LogP contribution in [0.15, 0.2) is 16.8 Å². The van der Waals surface area contributed by atoms with E-state index in [0.29, 0.717) is 23.9 Å². The van der Waals surface area contributed by atoms with E-state index in [1.165, 1.54) is 0 Å². The van der Waals surface area contributed by atoms with Crippen LogP contribution in [0.25, 0.3) is 11.5 Å². The Labute approximate surface area is 151 Å². The van der Waals surface area contributed by atoms with E-state index >= 15 is 0 Å². The number of aromatic nitrogens is 3. The Hall–Kier alpha value is -2.68. The average molecular weight is 360 g/mol. The zero-order valence-electron chi connectivity index (χ0n) is 15.3. The van der Waals surface area contributed by atoms with Gasteiger partial charge >= 0.3 is 0 Å². The van der Waals surface area contributed by atoms with Crippen LogP contribution in [0.3, 0.4) is 0 Å². The summed E-state index contributed by atoms with van der Waals surface area (Å²) in [6.07, 6.45) is 5.04. The molecule has 2 amide bonds. The second kappa shape index (κ2) is 7.69. The Morgan fingerprint density at radius 3 is 2.69 bits per heavy atom. The molecule has 0 unspecified atom stereocenters. The van der Waals surface area contributed by atoms with Gasteiger partial charge in [0.05, 0.1) is 18.3 Å². The number of likely N-dealkylation sites (tertiary alicyclic amines) is 1. The van der Waals surface area contributed by atoms with Crippen molar-refractivity contribution in [3.05, 3.63) is 23.8 Å². The van der Waals surface area contributed by atoms with Crippen LogP contribution < -0.4 is 10.6 Å². The third-order valence-corrected chi connectivity index (χ3v) is 4.53. The summed E-state index contributed by atoms with van der Waals surface area (Å²) in [4.78, 5) is 30.4. The number of oxazole rings is 1. The fraction of sp³-hybridized carbons (Fsp3) is 0.529. The lowest BCUT2D eigenvalue weighted by atomic mass is 10.0. The molecule has 9 heteroatoms. The van der Waals surface area contributed by atoms with Crippen molar-refractivity contribution in [3.8, 4) is 11.5 Å². The van der Waals surface area contributed by atoms with Gasteiger partial charge in [-0.2, -0.15) is 5.10 Å². The molecule has 0 aliphatic carbocycles. The first-order valence-electron chi connectivity index (χ1n) is 8.66. The molecule has 0 atom stereocenters. The molecule has 0 saturated carbocycles. The zero-order chi connectivity index (χ0) is 18.7. The number of rotatable bonds is 5. The van der Waals surface area contributed by atoms with Gasteiger partial charge in [-0.15, -0.1) is 0 Å². The standard InChI is InChI=1S/C17H24N6O3/c1-11-15(21-17(26-11)12-8-19-22(3)9-12)16(25)20-13-4-6-23(7-5-13)10-14(24)18-2/h8-9,13H,4-7,10H2,1-3H3,(H,18,24)(H,20,25). The van der Waals surface area contributed by atoms with Gasteiger partial charge in [-0.05, 0) is 19.8 Å². The van der Waals surface area contributed by atoms with Crippen LogP contribution in [-0.2, 0) is 11.8 Å². The molecule has 1 saturated heterocycles. The molecule has 140 valence electrons. The van der Waals surface area contributed by atoms with Crippen LogP contribution in [0.2, 0.25) is 0 Å². The topological polar surface area (TPSA) is 105 Å². The number of piperidine rings is 1. The van der Waals surface area contributed by atoms with Gasteiger partial charge in [0.1, 0.15) is 5.76 Å². The molecule has 3 heterocycles. The van der Waals surface area contributed by atoms with Gasteiger partial charge in [-0.25, -0.2) is 4.98 Å². The van der Waals surface area contributed by atoms with Crippen molar-refractivity contribution in [1.29, 1.82) is 0 Å². The van der Waals surface area contributed by atoms with E-state index in [1.807, 2.05) is 7.05 Å². The van der Waals surface area contributed by atoms with Crippen LogP contribution in [-0.4, -0.2) is 64.2 Å². The summed E-state index contributed by atoms with van der Waals surface area (Å²) in [7, 11) is 3.44. The molecule has 0 bridgehead atoms. The second-order valence-electron chi connectivity index (χ2n) is 6.52. The van der Waals surface area contributed by atoms with Gasteiger partial charge in [-0.3, -0.25) is 19.2 Å². The summed E-state index contributed by atoms with van der Waals surface area (Å²) in [5, 5.41) is 9.74. The molecule has 9 nitrogen and oxygen atoms in total. The van der Waals surface area contributed by atoms with Crippen LogP contribution in [0.4, 0.5) is 0 Å². The van der Waals surface area contributed by atoms with Crippen LogP contribution >= 0.6 is 0 Å². The average Bonchev–Trinajstić information content (AvgIpc) is 3.22. The van der Waals surface area contributed by atoms with Gasteiger partial charge < -0.3 is 15.1 Å². The van der Waals surface area contributed by atoms with E-state index in [-0.39, 0.29) is 17.9 Å². The number of nitrogens with zero attached hydrogens (tertiary/aromatic N) is 4. The zero-order valence-corrected chi connectivity index (χ0v) is 15.3. The molecule has 3 rings (SSSR count). The highest BCUT2D eigenvalue weighted by Gasteiger charge is 2.25. The molecule has 2 aromatic rings. The summed E-state index contributed by atoms with van der Waals surface area (Å²) in [6, 6.07) is 0.0707. The number of nitrogens with one attached hydrogen (secondary N) is 2. The van der Waals surface area contributed by atoms with Crippen molar-refractivity contribution in [2.24, 2.45) is 7.05 Å². The van der Waals surface area contributed by atoms with E-state index < -0.39 is 0 Å². The number of likely N-dealkylation sites (N-methyl/N-ethyl adjacent to an activating group) is 1. The first-order chi connectivity index (χ1) is 12.5. The van der Waals surface area contributed by atoms with Crippen molar-refractivity contribution >= 4 is 11.8 Å². The third-order valence-electron chi connectivity index (χ3n) is 4.53. The largest absolute Gasteiger partial charge is 0.440 e. The Morgan fingerprint density at radius 2 is 2.08 bits per heavy atom. The number of amides is 2. The number of aryl methyl sites for hydroxylation is 2. The monoisotopic (exact) mass is 360 g/mol. The molecule has 2 aromatic heterocycles. The molecule has 0 aromatic carbocycles. The molecule has 1 aliphatic rings. The smallest absolute Gasteiger partial charge is 0.273 e. The normalized spacial score (nSPS) is 15.8. The van der Waals surface area contributed by atoms with Crippen molar-refractivity contribution in [1.82, 2.24) is 30.3 Å². The minimum Gasteiger partial charge on any atom is -0.440 e. The highest BCUT2D eigenvalue weighted by Crippen LogP contribution is 2.21. The highest BCUT2D eigenvalue weighted by atomic mass is 16.4. The van der Waals surface area contributed by atoms with Gasteiger partial charge in [0.15, 0.2) is 5.69 Å². The maximum atomic E-state index is 12.6. The first-order valence-corrected chi connectivity index (χ1v) is 8.66. The first kappa shape index (κ1) is 18.1. The third kappa shape index (κ3) is 4.10. The predicted molar refractivity (Wildman–Crippen MR) is 94.4 cm³/mol. The van der Waals surface area contributed by atoms with Crippen LogP contribution in [0.5, 0.6) is 0 Å². The molecule has 1 aliphatic heterocycles. The van der Waals surface area contributed by atoms with Crippen molar-refractivity contribution < 1.29 is 14.0 Å². The molecular weight excluding hydrogens is 336 g/mol. The summed E-state index contributed by atoms with van der Waals surface area (Å²) in [5.74, 6) is 0.652. The number of carbonyl (C=O) groups excluding carboxylic acids is 2. The summed E-state index contributed by atoms with van der Waals surface area (Å²) in [5.41, 5.74) is 1.04. The number of hydrogen-bond donors (Lipinski definition) is 2. The number of hydrogen-bond acceptors (Lipinski definition) is 6. The Balaban J connectivity index is 1.57. The molecule has 26 heavy (non-hydrogen) atoms. The van der Waals surface area contributed by atoms with E-state index in [1.54, 1.807) is 31.0 Å². The van der Waals surface area contributed by atoms with Crippen molar-refractivity contribution in [2.75, 3.05) is 26.7 Å². The Kier molecular flexibility index (Phi) is 5.36. The fourth-order valence-corrected chi connectivity index (χ4v) is 3.03. The molecule has 1 fully saturated rings. The second-order valence-corrected chi connectivity index (χ2v) is 6.52. The van der Waals surface area contributed by atoms with E-state index in [4.69, 9.17) is 4.42 Å². The van der Waals surface area contributed by atoms with E-state index in [0.717, 1.165) is 31.5 Å². The summed E-state index contributed by atoms with van der Waals surface area (Å²) < 4.78 is 7.27. The lowest BCUT2D eigenvalue weighted by molar-refractivity contribution is -0.122. The SMILES string of the molecule is CNC(=O)CN1CCC(NC(=O)c2nc(-c3cnn(C)c3)oc2C)CC1. The maximum Gasteiger partial charge on any atom is 0.273 e. The minimum atomic E-state index is -0.230. The van der Waals surface area contributed by atoms with Crippen LogP contribution in [0.1, 0.15) is 29.1 Å². The lowest BCUT2D eigenvalue weighted by Crippen LogP contribution is -2.47. The Morgan fingerprint density at radius 1 is 1.35 bits per heavy atom. The fourth-order valence-electron chi connectivity index (χ4n) is 3.03. The summed E-state index contributed by atoms with van der Waals surface area (Å²) in [6.45, 7) is 3.68. The van der Waals surface area contributed by atoms with E-state index in [2.05, 4.69) is 25.6 Å². The Bertz CT molecular complexity index is 788. The van der Waals surface area contributed by atoms with Gasteiger partial charge in [0, 0.05) is 39.4 Å². The van der Waals surface area contributed by atoms with Gasteiger partial charge in [-0.1, -0.05) is 0 Å². The van der Waals surface area contributed by atoms with Crippen molar-refractivity contribution in [2.45, 2.75) is 25.8 Å². The van der Waals surface area contributed by atoms with Gasteiger partial charge in [0.2, 0.25) is 11.8 Å². The number of carbonyl (C=O) groups is 2. The van der Waals surface area contributed by atoms with Gasteiger partial charge in [0.25, 0.3) is 5.91 Å². The molecule has 2 N–H and O–H groups in total. The summed E-state index contributed by atoms with van der Waals surface area (Å²) >= 11 is 0. The molecular formula is C17H24N6O3. The molecule has 0 radical (unpaired) electrons. The lowest BCUT2D eigenvalue weighted by Gasteiger charge is -2.31. The maximum absolute atomic E-state index is 12.6. The molecule has 0 spiro atoms. The van der Waals surface area contributed by atoms with Crippen LogP contribution in [0, 0.1) is 6.92 Å². The minimum absolute atomic E-state index is 0.00800. The van der Waals surface area contributed by atoms with Crippen molar-refractivity contribution in [3.63, 3.8) is 0 Å². The van der Waals surface area contributed by atoms with E-state index in [9.17, 15) is 9.59 Å². The highest BCUT2D eigenvalue weighted by molar-refractivity contribution is 5.93. The quantitative estimate of drug-likeness (QED) is 0.796. The predicted octanol–water partition coefficient (Wildman–Crippen LogP) is 0.324.